The third-order valence-electron chi connectivity index (χ3n) is 7.16. The number of piperidine rings is 1. The molecule has 2 aliphatic heterocycles. The van der Waals surface area contributed by atoms with Gasteiger partial charge in [0, 0.05) is 54.7 Å². The number of fused-ring (bicyclic) bond motifs is 1. The van der Waals surface area contributed by atoms with Gasteiger partial charge < -0.3 is 9.47 Å². The lowest BCUT2D eigenvalue weighted by atomic mass is 9.89. The van der Waals surface area contributed by atoms with E-state index < -0.39 is 5.79 Å². The summed E-state index contributed by atoms with van der Waals surface area (Å²) < 4.78 is 12.7. The van der Waals surface area contributed by atoms with Crippen molar-refractivity contribution in [1.29, 1.82) is 0 Å². The van der Waals surface area contributed by atoms with E-state index in [1.165, 1.54) is 19.3 Å². The molecule has 1 saturated carbocycles. The fourth-order valence-electron chi connectivity index (χ4n) is 5.07. The lowest BCUT2D eigenvalue weighted by Crippen LogP contribution is -2.54. The third kappa shape index (κ3) is 3.53. The van der Waals surface area contributed by atoms with E-state index in [4.69, 9.17) is 9.47 Å². The maximum Gasteiger partial charge on any atom is 0.264 e. The van der Waals surface area contributed by atoms with Crippen LogP contribution in [0, 0.1) is 0 Å². The highest BCUT2D eigenvalue weighted by Crippen LogP contribution is 2.41. The quantitative estimate of drug-likeness (QED) is 0.670. The van der Waals surface area contributed by atoms with Gasteiger partial charge in [0.25, 0.3) is 5.56 Å². The van der Waals surface area contributed by atoms with E-state index in [2.05, 4.69) is 21.2 Å². The second-order valence-corrected chi connectivity index (χ2v) is 9.11. The van der Waals surface area contributed by atoms with E-state index in [0.29, 0.717) is 6.61 Å². The number of likely N-dealkylation sites (tertiary alicyclic amines) is 1. The number of benzene rings is 2. The predicted octanol–water partition coefficient (Wildman–Crippen LogP) is 4.36. The molecule has 1 N–H and O–H groups in total. The van der Waals surface area contributed by atoms with Gasteiger partial charge in [-0.25, -0.2) is 5.10 Å². The molecule has 164 valence electrons. The summed E-state index contributed by atoms with van der Waals surface area (Å²) in [5.41, 5.74) is 4.25. The summed E-state index contributed by atoms with van der Waals surface area (Å²) in [6, 6.07) is 18.4. The van der Waals surface area contributed by atoms with Crippen LogP contribution in [-0.2, 0) is 11.3 Å². The molecule has 0 atom stereocenters. The molecule has 2 aromatic carbocycles. The Balaban J connectivity index is 1.26. The summed E-state index contributed by atoms with van der Waals surface area (Å²) in [6.07, 6.45) is 5.86. The molecular formula is C26H27N3O3. The SMILES string of the molecule is O=c1cc(-c2ccccc2)c(-c2ccc3c(c2)COC2(CCN(C4CCC4)CC2)O3)n[nH]1. The summed E-state index contributed by atoms with van der Waals surface area (Å²) in [6.45, 7) is 2.61. The van der Waals surface area contributed by atoms with Crippen LogP contribution in [0.25, 0.3) is 22.4 Å². The van der Waals surface area contributed by atoms with Gasteiger partial charge in [-0.1, -0.05) is 36.8 Å². The van der Waals surface area contributed by atoms with Crippen LogP contribution >= 0.6 is 0 Å². The number of hydrogen-bond acceptors (Lipinski definition) is 5. The van der Waals surface area contributed by atoms with Crippen LogP contribution in [0.2, 0.25) is 0 Å². The number of hydrogen-bond donors (Lipinski definition) is 1. The Labute approximate surface area is 187 Å². The first-order chi connectivity index (χ1) is 15.7. The molecule has 6 nitrogen and oxygen atoms in total. The number of aromatic amines is 1. The molecule has 1 aliphatic carbocycles. The fraction of sp³-hybridized carbons (Fsp3) is 0.385. The molecule has 1 spiro atoms. The van der Waals surface area contributed by atoms with E-state index in [1.807, 2.05) is 42.5 Å². The zero-order valence-corrected chi connectivity index (χ0v) is 18.0. The third-order valence-corrected chi connectivity index (χ3v) is 7.16. The van der Waals surface area contributed by atoms with Crippen LogP contribution in [-0.4, -0.2) is 40.0 Å². The van der Waals surface area contributed by atoms with Gasteiger partial charge in [-0.15, -0.1) is 0 Å². The van der Waals surface area contributed by atoms with Crippen molar-refractivity contribution in [3.05, 3.63) is 70.5 Å². The maximum absolute atomic E-state index is 12.0. The van der Waals surface area contributed by atoms with E-state index >= 15 is 0 Å². The number of rotatable bonds is 3. The molecule has 1 saturated heterocycles. The first-order valence-electron chi connectivity index (χ1n) is 11.5. The predicted molar refractivity (Wildman–Crippen MR) is 122 cm³/mol. The zero-order valence-electron chi connectivity index (χ0n) is 18.0. The van der Waals surface area contributed by atoms with E-state index in [-0.39, 0.29) is 5.56 Å². The average Bonchev–Trinajstić information content (AvgIpc) is 2.80. The molecule has 32 heavy (non-hydrogen) atoms. The van der Waals surface area contributed by atoms with Gasteiger partial charge in [-0.05, 0) is 36.6 Å². The minimum Gasteiger partial charge on any atom is -0.462 e. The molecule has 3 aromatic rings. The highest BCUT2D eigenvalue weighted by atomic mass is 16.7. The number of aromatic nitrogens is 2. The summed E-state index contributed by atoms with van der Waals surface area (Å²) in [7, 11) is 0. The summed E-state index contributed by atoms with van der Waals surface area (Å²) in [5.74, 6) is 0.392. The molecule has 0 radical (unpaired) electrons. The normalized spacial score (nSPS) is 20.4. The molecule has 6 heteroatoms. The largest absolute Gasteiger partial charge is 0.462 e. The van der Waals surface area contributed by atoms with Gasteiger partial charge in [0.15, 0.2) is 0 Å². The smallest absolute Gasteiger partial charge is 0.264 e. The summed E-state index contributed by atoms with van der Waals surface area (Å²) in [5, 5.41) is 6.96. The van der Waals surface area contributed by atoms with Crippen molar-refractivity contribution in [2.24, 2.45) is 0 Å². The molecule has 6 rings (SSSR count). The maximum atomic E-state index is 12.0. The molecule has 2 fully saturated rings. The van der Waals surface area contributed by atoms with Crippen LogP contribution in [0.4, 0.5) is 0 Å². The fourth-order valence-corrected chi connectivity index (χ4v) is 5.07. The zero-order chi connectivity index (χ0) is 21.5. The number of ether oxygens (including phenoxy) is 2. The molecule has 0 unspecified atom stereocenters. The van der Waals surface area contributed by atoms with Crippen LogP contribution in [0.5, 0.6) is 5.75 Å². The monoisotopic (exact) mass is 429 g/mol. The highest BCUT2D eigenvalue weighted by molar-refractivity contribution is 5.80. The van der Waals surface area contributed by atoms with E-state index in [9.17, 15) is 4.79 Å². The Morgan fingerprint density at radius 2 is 1.81 bits per heavy atom. The van der Waals surface area contributed by atoms with Gasteiger partial charge >= 0.3 is 0 Å². The van der Waals surface area contributed by atoms with E-state index in [0.717, 1.165) is 65.7 Å². The second-order valence-electron chi connectivity index (χ2n) is 9.11. The Bertz CT molecular complexity index is 1180. The van der Waals surface area contributed by atoms with Gasteiger partial charge in [-0.2, -0.15) is 5.10 Å². The number of nitrogens with one attached hydrogen (secondary N) is 1. The molecule has 0 bridgehead atoms. The van der Waals surface area contributed by atoms with Crippen molar-refractivity contribution in [2.45, 2.75) is 50.5 Å². The molecule has 0 amide bonds. The summed E-state index contributed by atoms with van der Waals surface area (Å²) >= 11 is 0. The minimum absolute atomic E-state index is 0.215. The topological polar surface area (TPSA) is 67.4 Å². The Kier molecular flexibility index (Phi) is 4.85. The summed E-state index contributed by atoms with van der Waals surface area (Å²) in [4.78, 5) is 14.6. The Morgan fingerprint density at radius 1 is 1.00 bits per heavy atom. The van der Waals surface area contributed by atoms with Crippen molar-refractivity contribution in [3.8, 4) is 28.1 Å². The van der Waals surface area contributed by atoms with Crippen molar-refractivity contribution >= 4 is 0 Å². The van der Waals surface area contributed by atoms with Crippen molar-refractivity contribution < 1.29 is 9.47 Å². The van der Waals surface area contributed by atoms with Crippen LogP contribution in [0.1, 0.15) is 37.7 Å². The van der Waals surface area contributed by atoms with Gasteiger partial charge in [0.05, 0.1) is 12.3 Å². The van der Waals surface area contributed by atoms with Gasteiger partial charge in [-0.3, -0.25) is 9.69 Å². The average molecular weight is 430 g/mol. The highest BCUT2D eigenvalue weighted by Gasteiger charge is 2.42. The number of nitrogens with zero attached hydrogens (tertiary/aromatic N) is 2. The van der Waals surface area contributed by atoms with Crippen LogP contribution < -0.4 is 10.3 Å². The van der Waals surface area contributed by atoms with Crippen LogP contribution in [0.15, 0.2) is 59.4 Å². The van der Waals surface area contributed by atoms with Crippen LogP contribution in [0.3, 0.4) is 0 Å². The minimum atomic E-state index is -0.500. The Morgan fingerprint density at radius 3 is 2.56 bits per heavy atom. The standard InChI is InChI=1S/C26H27N3O3/c30-24-16-22(18-5-2-1-3-6-18)25(28-27-24)19-9-10-23-20(15-19)17-31-26(32-23)11-13-29(14-12-26)21-7-4-8-21/h1-3,5-6,9-10,15-16,21H,4,7-8,11-14,17H2,(H,27,30). The first kappa shape index (κ1) is 19.7. The lowest BCUT2D eigenvalue weighted by Gasteiger charge is -2.47. The molecule has 3 aliphatic rings. The first-order valence-corrected chi connectivity index (χ1v) is 11.5. The van der Waals surface area contributed by atoms with Crippen molar-refractivity contribution in [2.75, 3.05) is 13.1 Å². The van der Waals surface area contributed by atoms with Crippen molar-refractivity contribution in [1.82, 2.24) is 15.1 Å². The Hall–Kier alpha value is -2.96. The lowest BCUT2D eigenvalue weighted by molar-refractivity contribution is -0.231. The van der Waals surface area contributed by atoms with Crippen molar-refractivity contribution in [3.63, 3.8) is 0 Å². The second kappa shape index (κ2) is 7.87. The van der Waals surface area contributed by atoms with Gasteiger partial charge in [0.1, 0.15) is 5.75 Å². The van der Waals surface area contributed by atoms with E-state index in [1.54, 1.807) is 6.07 Å². The molecule has 3 heterocycles. The molecular weight excluding hydrogens is 402 g/mol. The van der Waals surface area contributed by atoms with Gasteiger partial charge in [0.2, 0.25) is 5.79 Å². The number of H-pyrrole nitrogens is 1. The molecule has 1 aromatic heterocycles.